The number of hydrogen-bond acceptors (Lipinski definition) is 8. The van der Waals surface area contributed by atoms with Gasteiger partial charge in [-0.3, -0.25) is 4.79 Å². The molecule has 0 aliphatic carbocycles. The van der Waals surface area contributed by atoms with Crippen LogP contribution in [0.15, 0.2) is 0 Å². The Morgan fingerprint density at radius 3 is 1.34 bits per heavy atom. The second kappa shape index (κ2) is 35.6. The van der Waals surface area contributed by atoms with Crippen molar-refractivity contribution in [2.24, 2.45) is 0 Å². The third-order valence-corrected chi connectivity index (χ3v) is 11.2. The molecule has 1 saturated heterocycles. The zero-order chi connectivity index (χ0) is 38.8. The van der Waals surface area contributed by atoms with Gasteiger partial charge in [-0.25, -0.2) is 0 Å². The Labute approximate surface area is 325 Å². The number of carbonyl (C=O) groups excluding carboxylic acids is 1. The van der Waals surface area contributed by atoms with Crippen LogP contribution in [0, 0.1) is 0 Å². The van der Waals surface area contributed by atoms with Gasteiger partial charge in [0, 0.05) is 6.42 Å². The molecule has 0 aromatic rings. The summed E-state index contributed by atoms with van der Waals surface area (Å²) < 4.78 is 11.2. The lowest BCUT2D eigenvalue weighted by atomic mass is 9.99. The summed E-state index contributed by atoms with van der Waals surface area (Å²) in [5.74, 6) is -0.149. The molecule has 9 heteroatoms. The molecule has 7 atom stereocenters. The SMILES string of the molecule is CCCCCCCCCCCCCCCCCCCCCCCCCC(O)C(COC1OC(CO)C(O)C(O)C1O)NC(=O)CCCCCCCCC. The van der Waals surface area contributed by atoms with E-state index in [9.17, 15) is 30.3 Å². The van der Waals surface area contributed by atoms with Crippen molar-refractivity contribution in [2.45, 2.75) is 262 Å². The van der Waals surface area contributed by atoms with Crippen LogP contribution in [0.2, 0.25) is 0 Å². The molecule has 0 aromatic carbocycles. The monoisotopic (exact) mass is 758 g/mol. The molecule has 0 spiro atoms. The van der Waals surface area contributed by atoms with Gasteiger partial charge in [-0.1, -0.05) is 200 Å². The topological polar surface area (TPSA) is 149 Å². The quantitative estimate of drug-likeness (QED) is 0.0342. The molecular weight excluding hydrogens is 670 g/mol. The van der Waals surface area contributed by atoms with Crippen LogP contribution in [-0.4, -0.2) is 87.5 Å². The van der Waals surface area contributed by atoms with Crippen molar-refractivity contribution in [1.82, 2.24) is 5.32 Å². The molecule has 0 radical (unpaired) electrons. The molecule has 7 unspecified atom stereocenters. The van der Waals surface area contributed by atoms with Gasteiger partial charge in [0.1, 0.15) is 24.4 Å². The van der Waals surface area contributed by atoms with Crippen molar-refractivity contribution in [2.75, 3.05) is 13.2 Å². The van der Waals surface area contributed by atoms with Crippen molar-refractivity contribution in [3.05, 3.63) is 0 Å². The minimum Gasteiger partial charge on any atom is -0.394 e. The van der Waals surface area contributed by atoms with Gasteiger partial charge in [0.15, 0.2) is 6.29 Å². The van der Waals surface area contributed by atoms with Gasteiger partial charge in [0.05, 0.1) is 25.4 Å². The molecule has 6 N–H and O–H groups in total. The zero-order valence-corrected chi connectivity index (χ0v) is 34.5. The van der Waals surface area contributed by atoms with E-state index < -0.39 is 49.5 Å². The van der Waals surface area contributed by atoms with Crippen LogP contribution in [0.4, 0.5) is 0 Å². The minimum absolute atomic E-state index is 0.133. The van der Waals surface area contributed by atoms with Crippen LogP contribution in [0.3, 0.4) is 0 Å². The normalized spacial score (nSPS) is 21.5. The maximum Gasteiger partial charge on any atom is 0.220 e. The Balaban J connectivity index is 2.19. The molecule has 1 fully saturated rings. The fourth-order valence-electron chi connectivity index (χ4n) is 7.51. The van der Waals surface area contributed by atoms with Gasteiger partial charge in [-0.15, -0.1) is 0 Å². The predicted octanol–water partition coefficient (Wildman–Crippen LogP) is 9.17. The summed E-state index contributed by atoms with van der Waals surface area (Å²) in [4.78, 5) is 12.8. The number of rotatable bonds is 38. The highest BCUT2D eigenvalue weighted by atomic mass is 16.7. The lowest BCUT2D eigenvalue weighted by molar-refractivity contribution is -0.302. The molecule has 0 bridgehead atoms. The third kappa shape index (κ3) is 26.6. The zero-order valence-electron chi connectivity index (χ0n) is 34.5. The van der Waals surface area contributed by atoms with Crippen molar-refractivity contribution >= 4 is 5.91 Å². The molecule has 0 aromatic heterocycles. The van der Waals surface area contributed by atoms with E-state index in [1.807, 2.05) is 0 Å². The molecule has 53 heavy (non-hydrogen) atoms. The number of ether oxygens (including phenoxy) is 2. The summed E-state index contributed by atoms with van der Waals surface area (Å²) in [7, 11) is 0. The highest BCUT2D eigenvalue weighted by Gasteiger charge is 2.44. The van der Waals surface area contributed by atoms with E-state index in [0.29, 0.717) is 12.8 Å². The number of amides is 1. The number of hydrogen-bond donors (Lipinski definition) is 6. The number of unbranched alkanes of at least 4 members (excludes halogenated alkanes) is 28. The summed E-state index contributed by atoms with van der Waals surface area (Å²) in [6.07, 6.45) is 31.4. The molecule has 1 amide bonds. The Morgan fingerprint density at radius 1 is 0.566 bits per heavy atom. The second-order valence-corrected chi connectivity index (χ2v) is 16.2. The first kappa shape index (κ1) is 50.2. The summed E-state index contributed by atoms with van der Waals surface area (Å²) in [6.45, 7) is 3.80. The number of carbonyl (C=O) groups is 1. The van der Waals surface area contributed by atoms with E-state index in [1.165, 1.54) is 154 Å². The van der Waals surface area contributed by atoms with Crippen LogP contribution >= 0.6 is 0 Å². The molecule has 1 heterocycles. The summed E-state index contributed by atoms with van der Waals surface area (Å²) in [6, 6.07) is -0.709. The van der Waals surface area contributed by atoms with Crippen LogP contribution in [0.5, 0.6) is 0 Å². The molecule has 1 aliphatic heterocycles. The van der Waals surface area contributed by atoms with Gasteiger partial charge in [-0.2, -0.15) is 0 Å². The maximum absolute atomic E-state index is 12.8. The molecule has 9 nitrogen and oxygen atoms in total. The highest BCUT2D eigenvalue weighted by Crippen LogP contribution is 2.23. The fourth-order valence-corrected chi connectivity index (χ4v) is 7.51. The van der Waals surface area contributed by atoms with Gasteiger partial charge in [0.25, 0.3) is 0 Å². The van der Waals surface area contributed by atoms with Crippen molar-refractivity contribution in [1.29, 1.82) is 0 Å². The van der Waals surface area contributed by atoms with Gasteiger partial charge >= 0.3 is 0 Å². The second-order valence-electron chi connectivity index (χ2n) is 16.2. The van der Waals surface area contributed by atoms with Gasteiger partial charge in [0.2, 0.25) is 5.91 Å². The number of aliphatic hydroxyl groups excluding tert-OH is 5. The molecule has 316 valence electrons. The van der Waals surface area contributed by atoms with E-state index >= 15 is 0 Å². The van der Waals surface area contributed by atoms with Crippen molar-refractivity contribution in [3.63, 3.8) is 0 Å². The standard InChI is InChI=1S/C44H87NO8/c1-3-5-7-9-11-12-13-14-15-16-17-18-19-20-21-22-23-24-25-26-28-29-31-33-38(47)37(45-40(48)34-32-30-27-10-8-6-4-2)36-52-44-43(51)42(50)41(49)39(35-46)53-44/h37-39,41-44,46-47,49-51H,3-36H2,1-2H3,(H,45,48). The molecule has 0 saturated carbocycles. The molecule has 1 aliphatic rings. The molecular formula is C44H87NO8. The maximum atomic E-state index is 12.8. The van der Waals surface area contributed by atoms with Crippen LogP contribution in [-0.2, 0) is 14.3 Å². The fraction of sp³-hybridized carbons (Fsp3) is 0.977. The third-order valence-electron chi connectivity index (χ3n) is 11.2. The Bertz CT molecular complexity index is 801. The van der Waals surface area contributed by atoms with Crippen molar-refractivity contribution in [3.8, 4) is 0 Å². The van der Waals surface area contributed by atoms with E-state index in [4.69, 9.17) is 9.47 Å². The Hall–Kier alpha value is -0.810. The summed E-state index contributed by atoms with van der Waals surface area (Å²) in [5, 5.41) is 54.1. The minimum atomic E-state index is -1.55. The van der Waals surface area contributed by atoms with Crippen LogP contribution in [0.25, 0.3) is 0 Å². The lowest BCUT2D eigenvalue weighted by Crippen LogP contribution is -2.60. The van der Waals surface area contributed by atoms with Crippen molar-refractivity contribution < 1.29 is 39.8 Å². The summed E-state index contributed by atoms with van der Waals surface area (Å²) >= 11 is 0. The molecule has 1 rings (SSSR count). The highest BCUT2D eigenvalue weighted by molar-refractivity contribution is 5.76. The van der Waals surface area contributed by atoms with E-state index in [0.717, 1.165) is 38.5 Å². The summed E-state index contributed by atoms with van der Waals surface area (Å²) in [5.41, 5.74) is 0. The Morgan fingerprint density at radius 2 is 0.943 bits per heavy atom. The average molecular weight is 758 g/mol. The predicted molar refractivity (Wildman–Crippen MR) is 217 cm³/mol. The first-order valence-corrected chi connectivity index (χ1v) is 22.7. The Kier molecular flexibility index (Phi) is 33.7. The average Bonchev–Trinajstić information content (AvgIpc) is 3.16. The van der Waals surface area contributed by atoms with Gasteiger partial charge in [-0.05, 0) is 12.8 Å². The first-order valence-electron chi connectivity index (χ1n) is 22.7. The van der Waals surface area contributed by atoms with E-state index in [2.05, 4.69) is 19.2 Å². The van der Waals surface area contributed by atoms with Crippen LogP contribution in [0.1, 0.15) is 219 Å². The smallest absolute Gasteiger partial charge is 0.220 e. The van der Waals surface area contributed by atoms with Crippen LogP contribution < -0.4 is 5.32 Å². The number of aliphatic hydroxyl groups is 5. The van der Waals surface area contributed by atoms with E-state index in [1.54, 1.807) is 0 Å². The first-order chi connectivity index (χ1) is 25.8. The lowest BCUT2D eigenvalue weighted by Gasteiger charge is -2.40. The number of nitrogens with one attached hydrogen (secondary N) is 1. The largest absolute Gasteiger partial charge is 0.394 e. The van der Waals surface area contributed by atoms with Gasteiger partial charge < -0.3 is 40.3 Å². The van der Waals surface area contributed by atoms with E-state index in [-0.39, 0.29) is 12.5 Å².